The molecule has 2 N–H and O–H groups in total. The SMILES string of the molecule is C.FC(F)(F)c1nnc2ccc(Cl)nn12.Fc1ccc(OC(F)(F)F)cc1-c1ccc2nnc(C(F)(F)F)n2n1.OB(O)c1cc(OC(F)(F)F)ccc1F.[CH3-]. The van der Waals surface area contributed by atoms with E-state index in [0.29, 0.717) is 33.3 Å². The Bertz CT molecular complexity index is 2250. The van der Waals surface area contributed by atoms with Crippen molar-refractivity contribution in [1.29, 1.82) is 0 Å². The maximum absolute atomic E-state index is 13.9. The van der Waals surface area contributed by atoms with E-state index in [2.05, 4.69) is 40.1 Å². The highest BCUT2D eigenvalue weighted by Gasteiger charge is 2.39. The van der Waals surface area contributed by atoms with E-state index in [4.69, 9.17) is 21.6 Å². The van der Waals surface area contributed by atoms with E-state index in [1.807, 2.05) is 0 Å². The average molecular weight is 844 g/mol. The third-order valence-electron chi connectivity index (χ3n) is 5.93. The van der Waals surface area contributed by atoms with Crippen LogP contribution in [-0.4, -0.2) is 69.5 Å². The first-order valence-electron chi connectivity index (χ1n) is 13.5. The predicted octanol–water partition coefficient (Wildman–Crippen LogP) is 7.13. The Hall–Kier alpha value is -5.57. The molecule has 0 aliphatic carbocycles. The van der Waals surface area contributed by atoms with Crippen LogP contribution in [0.5, 0.6) is 11.5 Å². The van der Waals surface area contributed by atoms with Gasteiger partial charge in [-0.05, 0) is 60.7 Å². The number of fused-ring (bicyclic) bond motifs is 2. The monoisotopic (exact) mass is 843 g/mol. The molecule has 12 nitrogen and oxygen atoms in total. The number of rotatable bonds is 4. The highest BCUT2D eigenvalue weighted by atomic mass is 35.5. The van der Waals surface area contributed by atoms with E-state index in [9.17, 15) is 61.5 Å². The maximum Gasteiger partial charge on any atom is 0.573 e. The predicted molar refractivity (Wildman–Crippen MR) is 165 cm³/mol. The van der Waals surface area contributed by atoms with Gasteiger partial charge in [-0.15, -0.1) is 46.7 Å². The van der Waals surface area contributed by atoms with E-state index in [0.717, 1.165) is 24.3 Å². The number of ether oxygens (including phenoxy) is 2. The van der Waals surface area contributed by atoms with Gasteiger partial charge < -0.3 is 26.9 Å². The Labute approximate surface area is 308 Å². The van der Waals surface area contributed by atoms with Crippen LogP contribution < -0.4 is 14.9 Å². The first-order chi connectivity index (χ1) is 24.8. The van der Waals surface area contributed by atoms with Gasteiger partial charge in [0.15, 0.2) is 11.3 Å². The number of alkyl halides is 12. The zero-order valence-electron chi connectivity index (χ0n) is 26.3. The summed E-state index contributed by atoms with van der Waals surface area (Å²) in [6.07, 6.45) is -19.4. The molecule has 0 bridgehead atoms. The number of hydrogen-bond acceptors (Lipinski definition) is 10. The van der Waals surface area contributed by atoms with Crippen molar-refractivity contribution in [2.24, 2.45) is 0 Å². The molecule has 0 fully saturated rings. The molecule has 2 aromatic carbocycles. The molecule has 0 radical (unpaired) electrons. The van der Waals surface area contributed by atoms with E-state index in [-0.39, 0.29) is 37.0 Å². The van der Waals surface area contributed by atoms with Crippen LogP contribution >= 0.6 is 11.6 Å². The van der Waals surface area contributed by atoms with Crippen LogP contribution in [0.15, 0.2) is 60.7 Å². The van der Waals surface area contributed by atoms with E-state index in [1.54, 1.807) is 0 Å². The number of halogens is 15. The normalized spacial score (nSPS) is 11.7. The lowest BCUT2D eigenvalue weighted by Gasteiger charge is -2.11. The molecule has 0 unspecified atom stereocenters. The number of nitrogens with zero attached hydrogens (tertiary/aromatic N) is 8. The van der Waals surface area contributed by atoms with Gasteiger partial charge in [0.05, 0.1) is 5.69 Å². The zero-order valence-corrected chi connectivity index (χ0v) is 27.1. The van der Waals surface area contributed by atoms with Crippen molar-refractivity contribution in [1.82, 2.24) is 39.6 Å². The zero-order chi connectivity index (χ0) is 40.4. The molecule has 0 spiro atoms. The molecule has 4 heterocycles. The van der Waals surface area contributed by atoms with Crippen LogP contribution in [0, 0.1) is 19.1 Å². The van der Waals surface area contributed by atoms with Crippen molar-refractivity contribution >= 4 is 35.5 Å². The minimum atomic E-state index is -5.01. The first-order valence-corrected chi connectivity index (χ1v) is 13.9. The maximum atomic E-state index is 13.9. The Balaban J connectivity index is 0.000000303. The van der Waals surface area contributed by atoms with Gasteiger partial charge in [0.25, 0.3) is 11.6 Å². The second-order valence-electron chi connectivity index (χ2n) is 9.75. The van der Waals surface area contributed by atoms with Crippen molar-refractivity contribution in [3.8, 4) is 22.8 Å². The van der Waals surface area contributed by atoms with Gasteiger partial charge in [0, 0.05) is 11.0 Å². The molecular weight excluding hydrogens is 825 g/mol. The molecule has 56 heavy (non-hydrogen) atoms. The molecule has 6 rings (SSSR count). The van der Waals surface area contributed by atoms with Crippen molar-refractivity contribution < 1.29 is 81.0 Å². The Kier molecular flexibility index (Phi) is 14.5. The fourth-order valence-electron chi connectivity index (χ4n) is 3.87. The Morgan fingerprint density at radius 2 is 1.04 bits per heavy atom. The number of hydrogen-bond donors (Lipinski definition) is 2. The molecule has 0 saturated carbocycles. The molecular formula is C28H19BClF14N8O4-. The molecule has 0 atom stereocenters. The minimum Gasteiger partial charge on any atom is -0.423 e. The summed E-state index contributed by atoms with van der Waals surface area (Å²) in [5, 5.41) is 36.7. The fourth-order valence-corrected chi connectivity index (χ4v) is 4.01. The summed E-state index contributed by atoms with van der Waals surface area (Å²) in [5.41, 5.74) is -1.79. The third kappa shape index (κ3) is 12.2. The summed E-state index contributed by atoms with van der Waals surface area (Å²) in [6, 6.07) is 8.83. The Morgan fingerprint density at radius 1 is 0.589 bits per heavy atom. The van der Waals surface area contributed by atoms with Gasteiger partial charge in [0.1, 0.15) is 28.3 Å². The first kappa shape index (κ1) is 46.6. The van der Waals surface area contributed by atoms with E-state index in [1.165, 1.54) is 12.1 Å². The molecule has 304 valence electrons. The van der Waals surface area contributed by atoms with Crippen molar-refractivity contribution in [3.05, 3.63) is 96.5 Å². The summed E-state index contributed by atoms with van der Waals surface area (Å²) in [7, 11) is -2.19. The van der Waals surface area contributed by atoms with Gasteiger partial charge in [-0.2, -0.15) is 45.6 Å². The van der Waals surface area contributed by atoms with Crippen molar-refractivity contribution in [2.45, 2.75) is 32.5 Å². The number of aromatic nitrogens is 8. The highest BCUT2D eigenvalue weighted by Crippen LogP contribution is 2.32. The van der Waals surface area contributed by atoms with Gasteiger partial charge in [-0.25, -0.2) is 8.78 Å². The highest BCUT2D eigenvalue weighted by molar-refractivity contribution is 6.58. The van der Waals surface area contributed by atoms with Crippen molar-refractivity contribution in [3.63, 3.8) is 0 Å². The van der Waals surface area contributed by atoms with Gasteiger partial charge >= 0.3 is 32.2 Å². The smallest absolute Gasteiger partial charge is 0.423 e. The summed E-state index contributed by atoms with van der Waals surface area (Å²) in [4.78, 5) is 0. The standard InChI is InChI=1S/C13H5F7N4O.C7H5BF4O3.C6H2ClF3N4.CH4.CH3/c14-8-2-1-6(25-13(18,19)20)5-7(8)9-3-4-10-21-22-11(12(15,16)17)24(10)23-9;9-6-2-1-4(15-7(10,11)12)3-5(6)8(13)14;7-3-1-2-4-11-12-5(6(8,9)10)14(4)13-3;;/h1-5H;1-3,13-14H;1-2H;1H4;1H3/q;;;;-1. The minimum absolute atomic E-state index is 0. The van der Waals surface area contributed by atoms with E-state index < -0.39 is 78.0 Å². The van der Waals surface area contributed by atoms with Crippen LogP contribution in [-0.2, 0) is 12.4 Å². The fraction of sp³-hybridized carbons (Fsp3) is 0.179. The van der Waals surface area contributed by atoms with Crippen LogP contribution in [0.2, 0.25) is 5.15 Å². The molecule has 0 aliphatic rings. The molecule has 0 amide bonds. The topological polar surface area (TPSA) is 145 Å². The summed E-state index contributed by atoms with van der Waals surface area (Å²) in [5.74, 6) is -6.12. The summed E-state index contributed by atoms with van der Waals surface area (Å²) in [6.45, 7) is 0. The van der Waals surface area contributed by atoms with Gasteiger partial charge in [0.2, 0.25) is 0 Å². The largest absolute Gasteiger partial charge is 0.573 e. The van der Waals surface area contributed by atoms with Crippen LogP contribution in [0.3, 0.4) is 0 Å². The van der Waals surface area contributed by atoms with Crippen molar-refractivity contribution in [2.75, 3.05) is 0 Å². The average Bonchev–Trinajstić information content (AvgIpc) is 3.66. The summed E-state index contributed by atoms with van der Waals surface area (Å²) >= 11 is 5.44. The van der Waals surface area contributed by atoms with Crippen LogP contribution in [0.25, 0.3) is 22.6 Å². The lowest BCUT2D eigenvalue weighted by Crippen LogP contribution is -2.33. The second-order valence-corrected chi connectivity index (χ2v) is 10.1. The lowest BCUT2D eigenvalue weighted by atomic mass is 9.80. The van der Waals surface area contributed by atoms with E-state index >= 15 is 0 Å². The number of benzene rings is 2. The molecule has 0 aliphatic heterocycles. The lowest BCUT2D eigenvalue weighted by molar-refractivity contribution is -0.275. The third-order valence-corrected chi connectivity index (χ3v) is 6.13. The molecule has 0 saturated heterocycles. The van der Waals surface area contributed by atoms with Crippen LogP contribution in [0.4, 0.5) is 61.5 Å². The Morgan fingerprint density at radius 3 is 1.50 bits per heavy atom. The second kappa shape index (κ2) is 17.5. The van der Waals surface area contributed by atoms with Gasteiger partial charge in [-0.1, -0.05) is 19.0 Å². The van der Waals surface area contributed by atoms with Gasteiger partial charge in [-0.3, -0.25) is 0 Å². The van der Waals surface area contributed by atoms with Crippen LogP contribution in [0.1, 0.15) is 19.1 Å². The molecule has 6 aromatic rings. The molecule has 4 aromatic heterocycles. The summed E-state index contributed by atoms with van der Waals surface area (Å²) < 4.78 is 182. The quantitative estimate of drug-likeness (QED) is 0.107. The molecule has 28 heteroatoms.